The zero-order valence-electron chi connectivity index (χ0n) is 39.1. The highest BCUT2D eigenvalue weighted by molar-refractivity contribution is 6.15. The Bertz CT molecular complexity index is 3440. The molecule has 0 heterocycles. The molecule has 3 N–H and O–H groups in total. The van der Waals surface area contributed by atoms with Crippen LogP contribution < -0.4 is 5.32 Å². The van der Waals surface area contributed by atoms with Gasteiger partial charge < -0.3 is 25.0 Å². The fourth-order valence-corrected chi connectivity index (χ4v) is 10.4. The smallest absolute Gasteiger partial charge is 0.145 e. The lowest BCUT2D eigenvalue weighted by Crippen LogP contribution is -2.40. The van der Waals surface area contributed by atoms with Crippen LogP contribution in [-0.2, 0) is 16.0 Å². The van der Waals surface area contributed by atoms with Crippen LogP contribution in [0.15, 0.2) is 199 Å². The van der Waals surface area contributed by atoms with E-state index in [4.69, 9.17) is 4.99 Å². The Balaban J connectivity index is 0.00000105. The van der Waals surface area contributed by atoms with Gasteiger partial charge in [0.05, 0.1) is 6.04 Å². The number of phenols is 2. The van der Waals surface area contributed by atoms with E-state index in [0.717, 1.165) is 119 Å². The molecule has 10 aromatic rings. The molecule has 1 aliphatic rings. The first-order valence-corrected chi connectivity index (χ1v) is 23.9. The molecule has 69 heavy (non-hydrogen) atoms. The zero-order chi connectivity index (χ0) is 47.1. The number of aliphatic imine (C=N–C) groups is 1. The SMILES string of the molecule is COCOC.Oc1c(C=N[C@H]2CCCCC2NCc2cc3ccccc3c(-c3c(-c4ccccc4)ccc4ccccc34)c2O)cc2ccccc2c1-c1c(-c2ccccc2)ccc2ccccc12. The van der Waals surface area contributed by atoms with Crippen molar-refractivity contribution in [3.05, 3.63) is 205 Å². The van der Waals surface area contributed by atoms with Crippen LogP contribution in [0.25, 0.3) is 87.6 Å². The predicted octanol–water partition coefficient (Wildman–Crippen LogP) is 15.1. The lowest BCUT2D eigenvalue weighted by molar-refractivity contribution is -0.00272. The van der Waals surface area contributed by atoms with Gasteiger partial charge in [0.25, 0.3) is 0 Å². The fraction of sp³-hybridized carbons (Fsp3) is 0.159. The van der Waals surface area contributed by atoms with E-state index in [2.05, 4.69) is 191 Å². The molecule has 1 fully saturated rings. The van der Waals surface area contributed by atoms with Gasteiger partial charge in [0.15, 0.2) is 0 Å². The quantitative estimate of drug-likeness (QED) is 0.0890. The predicted molar refractivity (Wildman–Crippen MR) is 287 cm³/mol. The monoisotopic (exact) mass is 904 g/mol. The lowest BCUT2D eigenvalue weighted by atomic mass is 9.85. The second-order valence-corrected chi connectivity index (χ2v) is 17.9. The molecule has 0 aromatic heterocycles. The first-order chi connectivity index (χ1) is 34.0. The van der Waals surface area contributed by atoms with Gasteiger partial charge in [-0.1, -0.05) is 195 Å². The highest BCUT2D eigenvalue weighted by Gasteiger charge is 2.27. The number of hydrogen-bond acceptors (Lipinski definition) is 6. The number of hydrogen-bond donors (Lipinski definition) is 3. The Hall–Kier alpha value is -7.61. The molecular weight excluding hydrogens is 849 g/mol. The third-order valence-electron chi connectivity index (χ3n) is 13.6. The standard InChI is InChI=1S/C60H48N2O2.C3H8O2/c63-59-45(35-43-23-9-13-27-49(43)57(59)55-47-25-11-7-21-41(47)31-33-51(55)39-17-3-1-4-18-39)37-61-53-29-15-16-30-54(53)62-38-46-36-44-24-10-14-28-50(44)58(60(46)64)56-48-26-12-8-22-42(48)32-34-52(56)40-19-5-2-6-20-40;1-4-3-5-2/h1-14,17-28,31-37,53-54,62-64H,15-16,29-30,38H2;3H2,1-2H3/t53-,54?;/m0./s1. The Morgan fingerprint density at radius 2 is 0.942 bits per heavy atom. The Morgan fingerprint density at radius 3 is 1.46 bits per heavy atom. The van der Waals surface area contributed by atoms with Crippen molar-refractivity contribution in [2.45, 2.75) is 44.3 Å². The van der Waals surface area contributed by atoms with Crippen molar-refractivity contribution >= 4 is 49.3 Å². The normalized spacial score (nSPS) is 14.9. The van der Waals surface area contributed by atoms with Gasteiger partial charge in [-0.2, -0.15) is 0 Å². The Labute approximate surface area is 404 Å². The van der Waals surface area contributed by atoms with Crippen molar-refractivity contribution in [3.8, 4) is 56.0 Å². The van der Waals surface area contributed by atoms with Crippen LogP contribution in [0.1, 0.15) is 36.8 Å². The minimum Gasteiger partial charge on any atom is -0.507 e. The molecule has 1 aliphatic carbocycles. The third-order valence-corrected chi connectivity index (χ3v) is 13.6. The fourth-order valence-electron chi connectivity index (χ4n) is 10.4. The van der Waals surface area contributed by atoms with E-state index in [9.17, 15) is 10.2 Å². The summed E-state index contributed by atoms with van der Waals surface area (Å²) in [4.78, 5) is 5.30. The zero-order valence-corrected chi connectivity index (χ0v) is 39.1. The number of nitrogens with one attached hydrogen (secondary N) is 1. The number of rotatable bonds is 11. The van der Waals surface area contributed by atoms with E-state index in [-0.39, 0.29) is 17.8 Å². The number of methoxy groups -OCH3 is 2. The molecule has 1 saturated carbocycles. The average Bonchev–Trinajstić information content (AvgIpc) is 3.40. The minimum absolute atomic E-state index is 0.00896. The maximum absolute atomic E-state index is 12.5. The van der Waals surface area contributed by atoms with Crippen molar-refractivity contribution in [2.75, 3.05) is 21.0 Å². The molecule has 0 amide bonds. The summed E-state index contributed by atoms with van der Waals surface area (Å²) >= 11 is 0. The van der Waals surface area contributed by atoms with Gasteiger partial charge >= 0.3 is 0 Å². The Kier molecular flexibility index (Phi) is 13.6. The van der Waals surface area contributed by atoms with Crippen LogP contribution in [-0.4, -0.2) is 49.5 Å². The van der Waals surface area contributed by atoms with Crippen molar-refractivity contribution in [2.24, 2.45) is 4.99 Å². The van der Waals surface area contributed by atoms with Crippen LogP contribution in [0.3, 0.4) is 0 Å². The molecule has 0 radical (unpaired) electrons. The molecule has 0 bridgehead atoms. The summed E-state index contributed by atoms with van der Waals surface area (Å²) in [7, 11) is 3.17. The van der Waals surface area contributed by atoms with Crippen LogP contribution in [0.2, 0.25) is 0 Å². The highest BCUT2D eigenvalue weighted by Crippen LogP contribution is 2.48. The summed E-state index contributed by atoms with van der Waals surface area (Å²) in [5.41, 5.74) is 9.64. The molecule has 0 saturated heterocycles. The molecule has 11 rings (SSSR count). The molecule has 2 atom stereocenters. The Morgan fingerprint density at radius 1 is 0.493 bits per heavy atom. The second kappa shape index (κ2) is 20.7. The minimum atomic E-state index is -0.00896. The molecule has 6 heteroatoms. The van der Waals surface area contributed by atoms with Crippen LogP contribution >= 0.6 is 0 Å². The summed E-state index contributed by atoms with van der Waals surface area (Å²) in [6.45, 7) is 0.876. The van der Waals surface area contributed by atoms with E-state index < -0.39 is 0 Å². The first kappa shape index (κ1) is 45.2. The van der Waals surface area contributed by atoms with E-state index in [0.29, 0.717) is 24.7 Å². The first-order valence-electron chi connectivity index (χ1n) is 23.9. The number of phenolic OH excluding ortho intramolecular Hbond substituents is 2. The summed E-state index contributed by atoms with van der Waals surface area (Å²) < 4.78 is 8.94. The number of aromatic hydroxyl groups is 2. The van der Waals surface area contributed by atoms with Crippen molar-refractivity contribution in [1.82, 2.24) is 5.32 Å². The topological polar surface area (TPSA) is 83.3 Å². The van der Waals surface area contributed by atoms with Crippen LogP contribution in [0.5, 0.6) is 11.5 Å². The summed E-state index contributed by atoms with van der Waals surface area (Å²) in [6.07, 6.45) is 5.99. The lowest BCUT2D eigenvalue weighted by Gasteiger charge is -2.30. The maximum atomic E-state index is 12.5. The molecule has 6 nitrogen and oxygen atoms in total. The summed E-state index contributed by atoms with van der Waals surface area (Å²) in [5, 5.41) is 37.5. The second-order valence-electron chi connectivity index (χ2n) is 17.9. The average molecular weight is 905 g/mol. The number of benzene rings is 10. The van der Waals surface area contributed by atoms with E-state index in [1.165, 1.54) is 0 Å². The summed E-state index contributed by atoms with van der Waals surface area (Å²) in [6, 6.07) is 67.6. The molecule has 10 aromatic carbocycles. The van der Waals surface area contributed by atoms with Gasteiger partial charge in [0.1, 0.15) is 18.3 Å². The molecule has 1 unspecified atom stereocenters. The molecule has 342 valence electrons. The highest BCUT2D eigenvalue weighted by atomic mass is 16.6. The van der Waals surface area contributed by atoms with Gasteiger partial charge in [-0.15, -0.1) is 0 Å². The third kappa shape index (κ3) is 9.23. The van der Waals surface area contributed by atoms with Gasteiger partial charge in [0.2, 0.25) is 0 Å². The largest absolute Gasteiger partial charge is 0.507 e. The number of ether oxygens (including phenoxy) is 2. The van der Waals surface area contributed by atoms with Gasteiger partial charge in [-0.05, 0) is 90.3 Å². The van der Waals surface area contributed by atoms with E-state index in [1.54, 1.807) is 14.2 Å². The summed E-state index contributed by atoms with van der Waals surface area (Å²) in [5.74, 6) is 0.528. The van der Waals surface area contributed by atoms with Gasteiger partial charge in [-0.3, -0.25) is 4.99 Å². The van der Waals surface area contributed by atoms with Crippen molar-refractivity contribution < 1.29 is 19.7 Å². The molecule has 0 spiro atoms. The van der Waals surface area contributed by atoms with Crippen molar-refractivity contribution in [1.29, 1.82) is 0 Å². The maximum Gasteiger partial charge on any atom is 0.145 e. The van der Waals surface area contributed by atoms with Crippen LogP contribution in [0, 0.1) is 0 Å². The molecule has 0 aliphatic heterocycles. The molecular formula is C63H56N2O4. The van der Waals surface area contributed by atoms with Gasteiger partial charge in [0, 0.05) is 66.4 Å². The van der Waals surface area contributed by atoms with E-state index >= 15 is 0 Å². The number of nitrogens with zero attached hydrogens (tertiary/aromatic N) is 1. The number of fused-ring (bicyclic) bond motifs is 4. The van der Waals surface area contributed by atoms with Crippen LogP contribution in [0.4, 0.5) is 0 Å². The van der Waals surface area contributed by atoms with E-state index in [1.807, 2.05) is 24.4 Å². The van der Waals surface area contributed by atoms with Gasteiger partial charge in [-0.25, -0.2) is 0 Å². The van der Waals surface area contributed by atoms with Crippen molar-refractivity contribution in [3.63, 3.8) is 0 Å².